The molecule has 1 N–H and O–H groups in total. The zero-order valence-electron chi connectivity index (χ0n) is 11.5. The molecule has 1 unspecified atom stereocenters. The Labute approximate surface area is 137 Å². The Bertz CT molecular complexity index is 573. The van der Waals surface area contributed by atoms with Crippen LogP contribution in [0.3, 0.4) is 0 Å². The second-order valence-electron chi connectivity index (χ2n) is 4.42. The topological polar surface area (TPSA) is 21.3 Å². The Morgan fingerprint density at radius 2 is 2.15 bits per heavy atom. The van der Waals surface area contributed by atoms with Crippen molar-refractivity contribution in [3.63, 3.8) is 0 Å². The lowest BCUT2D eigenvalue weighted by Crippen LogP contribution is -2.22. The minimum absolute atomic E-state index is 0.146. The maximum Gasteiger partial charge on any atom is 0.120 e. The van der Waals surface area contributed by atoms with Crippen LogP contribution < -0.4 is 10.1 Å². The quantitative estimate of drug-likeness (QED) is 0.744. The van der Waals surface area contributed by atoms with Crippen molar-refractivity contribution in [3.8, 4) is 5.75 Å². The van der Waals surface area contributed by atoms with Gasteiger partial charge in [-0.05, 0) is 42.8 Å². The molecule has 0 bridgehead atoms. The molecule has 0 aliphatic heterocycles. The normalized spacial score (nSPS) is 12.4. The molecule has 2 rings (SSSR count). The van der Waals surface area contributed by atoms with E-state index in [0.717, 1.165) is 27.5 Å². The van der Waals surface area contributed by atoms with E-state index in [1.165, 1.54) is 10.4 Å². The zero-order valence-corrected chi connectivity index (χ0v) is 14.6. The summed E-state index contributed by atoms with van der Waals surface area (Å²) in [5, 5.41) is 3.57. The van der Waals surface area contributed by atoms with Crippen molar-refractivity contribution in [3.05, 3.63) is 49.6 Å². The molecule has 1 aromatic heterocycles. The maximum atomic E-state index is 6.07. The van der Waals surface area contributed by atoms with Crippen LogP contribution >= 0.6 is 38.9 Å². The fourth-order valence-corrected chi connectivity index (χ4v) is 3.75. The summed E-state index contributed by atoms with van der Waals surface area (Å²) < 4.78 is 7.10. The Morgan fingerprint density at radius 3 is 2.70 bits per heavy atom. The molecule has 0 aliphatic rings. The average Bonchev–Trinajstić information content (AvgIpc) is 2.87. The third-order valence-electron chi connectivity index (χ3n) is 3.00. The summed E-state index contributed by atoms with van der Waals surface area (Å²) in [6, 6.07) is 10.2. The summed E-state index contributed by atoms with van der Waals surface area (Å²) in [6.45, 7) is 3.12. The smallest absolute Gasteiger partial charge is 0.120 e. The van der Waals surface area contributed by atoms with Crippen molar-refractivity contribution in [2.45, 2.75) is 19.4 Å². The van der Waals surface area contributed by atoms with E-state index in [1.54, 1.807) is 18.4 Å². The van der Waals surface area contributed by atoms with Gasteiger partial charge < -0.3 is 10.1 Å². The lowest BCUT2D eigenvalue weighted by atomic mass is 10.0. The van der Waals surface area contributed by atoms with Crippen molar-refractivity contribution in [2.24, 2.45) is 0 Å². The number of hydrogen-bond donors (Lipinski definition) is 1. The largest absolute Gasteiger partial charge is 0.497 e. The van der Waals surface area contributed by atoms with Crippen LogP contribution in [-0.4, -0.2) is 13.7 Å². The van der Waals surface area contributed by atoms with Crippen molar-refractivity contribution in [2.75, 3.05) is 13.7 Å². The molecule has 0 aliphatic carbocycles. The highest BCUT2D eigenvalue weighted by Gasteiger charge is 2.18. The number of halogens is 2. The fourth-order valence-electron chi connectivity index (χ4n) is 2.00. The fraction of sp³-hybridized carbons (Fsp3) is 0.333. The van der Waals surface area contributed by atoms with E-state index < -0.39 is 0 Å². The van der Waals surface area contributed by atoms with Crippen LogP contribution in [-0.2, 0) is 0 Å². The third-order valence-corrected chi connectivity index (χ3v) is 4.98. The molecule has 0 radical (unpaired) electrons. The summed E-state index contributed by atoms with van der Waals surface area (Å²) in [5.41, 5.74) is 1.19. The van der Waals surface area contributed by atoms with Gasteiger partial charge in [0.05, 0.1) is 17.5 Å². The Kier molecular flexibility index (Phi) is 5.90. The molecule has 108 valence electrons. The van der Waals surface area contributed by atoms with Crippen LogP contribution in [0, 0.1) is 0 Å². The zero-order chi connectivity index (χ0) is 14.5. The van der Waals surface area contributed by atoms with Gasteiger partial charge in [-0.1, -0.05) is 40.5 Å². The predicted octanol–water partition coefficient (Wildman–Crippen LogP) is 5.26. The molecule has 0 saturated carbocycles. The van der Waals surface area contributed by atoms with Crippen LogP contribution in [0.2, 0.25) is 4.34 Å². The molecule has 0 spiro atoms. The molecule has 1 heterocycles. The van der Waals surface area contributed by atoms with E-state index in [1.807, 2.05) is 18.2 Å². The standard InChI is InChI=1S/C15H17BrClNOS/c1-3-8-18-15(13-6-7-14(17)20-13)11-5-4-10(19-2)9-12(11)16/h4-7,9,15,18H,3,8H2,1-2H3. The van der Waals surface area contributed by atoms with E-state index >= 15 is 0 Å². The Hall–Kier alpha value is -0.550. The molecular weight excluding hydrogens is 358 g/mol. The number of ether oxygens (including phenoxy) is 1. The number of nitrogens with one attached hydrogen (secondary N) is 1. The molecule has 0 saturated heterocycles. The van der Waals surface area contributed by atoms with E-state index in [0.29, 0.717) is 0 Å². The first-order valence-electron chi connectivity index (χ1n) is 6.47. The van der Waals surface area contributed by atoms with Gasteiger partial charge in [-0.15, -0.1) is 11.3 Å². The molecule has 0 amide bonds. The summed E-state index contributed by atoms with van der Waals surface area (Å²) in [5.74, 6) is 0.846. The van der Waals surface area contributed by atoms with Crippen LogP contribution in [0.25, 0.3) is 0 Å². The number of methoxy groups -OCH3 is 1. The molecule has 5 heteroatoms. The number of thiophene rings is 1. The first-order chi connectivity index (χ1) is 9.65. The van der Waals surface area contributed by atoms with Crippen molar-refractivity contribution in [1.82, 2.24) is 5.32 Å². The molecule has 2 aromatic rings. The predicted molar refractivity (Wildman–Crippen MR) is 90.2 cm³/mol. The van der Waals surface area contributed by atoms with Crippen LogP contribution in [0.5, 0.6) is 5.75 Å². The minimum atomic E-state index is 0.146. The molecule has 20 heavy (non-hydrogen) atoms. The summed E-state index contributed by atoms with van der Waals surface area (Å²) in [6.07, 6.45) is 1.09. The van der Waals surface area contributed by atoms with Crippen molar-refractivity contribution < 1.29 is 4.74 Å². The molecule has 1 atom stereocenters. The lowest BCUT2D eigenvalue weighted by Gasteiger charge is -2.19. The molecule has 0 fully saturated rings. The highest BCUT2D eigenvalue weighted by molar-refractivity contribution is 9.10. The van der Waals surface area contributed by atoms with Gasteiger partial charge in [-0.25, -0.2) is 0 Å². The van der Waals surface area contributed by atoms with Gasteiger partial charge in [0.2, 0.25) is 0 Å². The van der Waals surface area contributed by atoms with Crippen LogP contribution in [0.1, 0.15) is 29.8 Å². The van der Waals surface area contributed by atoms with Crippen molar-refractivity contribution in [1.29, 1.82) is 0 Å². The second kappa shape index (κ2) is 7.46. The van der Waals surface area contributed by atoms with Gasteiger partial charge >= 0.3 is 0 Å². The minimum Gasteiger partial charge on any atom is -0.497 e. The molecule has 1 aromatic carbocycles. The first kappa shape index (κ1) is 15.8. The van der Waals surface area contributed by atoms with Gasteiger partial charge in [0.1, 0.15) is 5.75 Å². The van der Waals surface area contributed by atoms with E-state index in [2.05, 4.69) is 40.3 Å². The third kappa shape index (κ3) is 3.76. The first-order valence-corrected chi connectivity index (χ1v) is 8.46. The monoisotopic (exact) mass is 373 g/mol. The van der Waals surface area contributed by atoms with Gasteiger partial charge in [0.25, 0.3) is 0 Å². The van der Waals surface area contributed by atoms with Crippen LogP contribution in [0.4, 0.5) is 0 Å². The van der Waals surface area contributed by atoms with Gasteiger partial charge in [0, 0.05) is 9.35 Å². The van der Waals surface area contributed by atoms with Gasteiger partial charge in [-0.2, -0.15) is 0 Å². The average molecular weight is 375 g/mol. The van der Waals surface area contributed by atoms with E-state index in [9.17, 15) is 0 Å². The highest BCUT2D eigenvalue weighted by Crippen LogP contribution is 2.35. The summed E-state index contributed by atoms with van der Waals surface area (Å²) >= 11 is 11.3. The number of benzene rings is 1. The van der Waals surface area contributed by atoms with E-state index in [4.69, 9.17) is 16.3 Å². The molecule has 2 nitrogen and oxygen atoms in total. The SMILES string of the molecule is CCCNC(c1ccc(Cl)s1)c1ccc(OC)cc1Br. The van der Waals surface area contributed by atoms with Gasteiger partial charge in [-0.3, -0.25) is 0 Å². The Morgan fingerprint density at radius 1 is 1.35 bits per heavy atom. The van der Waals surface area contributed by atoms with Crippen LogP contribution in [0.15, 0.2) is 34.8 Å². The Balaban J connectivity index is 2.35. The van der Waals surface area contributed by atoms with Crippen molar-refractivity contribution >= 4 is 38.9 Å². The highest BCUT2D eigenvalue weighted by atomic mass is 79.9. The molecular formula is C15H17BrClNOS. The number of rotatable bonds is 6. The van der Waals surface area contributed by atoms with E-state index in [-0.39, 0.29) is 6.04 Å². The summed E-state index contributed by atoms with van der Waals surface area (Å²) in [7, 11) is 1.67. The number of hydrogen-bond acceptors (Lipinski definition) is 3. The summed E-state index contributed by atoms with van der Waals surface area (Å²) in [4.78, 5) is 1.22. The lowest BCUT2D eigenvalue weighted by molar-refractivity contribution is 0.414. The van der Waals surface area contributed by atoms with Gasteiger partial charge in [0.15, 0.2) is 0 Å². The second-order valence-corrected chi connectivity index (χ2v) is 7.02. The maximum absolute atomic E-state index is 6.07.